The van der Waals surface area contributed by atoms with Crippen molar-refractivity contribution in [3.05, 3.63) is 58.7 Å². The van der Waals surface area contributed by atoms with Crippen LogP contribution in [0, 0.1) is 0 Å². The van der Waals surface area contributed by atoms with Crippen molar-refractivity contribution in [2.75, 3.05) is 7.11 Å². The van der Waals surface area contributed by atoms with Crippen LogP contribution in [0.4, 0.5) is 0 Å². The van der Waals surface area contributed by atoms with Gasteiger partial charge in [-0.05, 0) is 30.2 Å². The predicted molar refractivity (Wildman–Crippen MR) is 80.4 cm³/mol. The van der Waals surface area contributed by atoms with Crippen LogP contribution in [0.25, 0.3) is 0 Å². The minimum atomic E-state index is -0.486. The van der Waals surface area contributed by atoms with Crippen molar-refractivity contribution in [3.63, 3.8) is 0 Å². The van der Waals surface area contributed by atoms with E-state index in [1.807, 2.05) is 6.92 Å². The van der Waals surface area contributed by atoms with Gasteiger partial charge in [0.15, 0.2) is 5.78 Å². The number of esters is 1. The highest BCUT2D eigenvalue weighted by atomic mass is 16.5. The van der Waals surface area contributed by atoms with Gasteiger partial charge in [0.05, 0.1) is 18.2 Å². The quantitative estimate of drug-likeness (QED) is 0.670. The highest BCUT2D eigenvalue weighted by molar-refractivity contribution is 6.11. The maximum absolute atomic E-state index is 12.4. The average Bonchev–Trinajstić information content (AvgIpc) is 2.54. The molecule has 0 heterocycles. The molecule has 2 rings (SSSR count). The van der Waals surface area contributed by atoms with E-state index in [1.165, 1.54) is 37.4 Å². The number of methoxy groups -OCH3 is 1. The number of rotatable bonds is 4. The molecule has 0 fully saturated rings. The third-order valence-electron chi connectivity index (χ3n) is 3.39. The van der Waals surface area contributed by atoms with Crippen LogP contribution in [0.3, 0.4) is 0 Å². The summed E-state index contributed by atoms with van der Waals surface area (Å²) in [6, 6.07) is 8.59. The van der Waals surface area contributed by atoms with Crippen molar-refractivity contribution in [1.82, 2.24) is 0 Å². The molecule has 0 saturated heterocycles. The number of ketones is 1. The summed E-state index contributed by atoms with van der Waals surface area (Å²) >= 11 is 0. The maximum Gasteiger partial charge on any atom is 0.337 e. The molecule has 0 atom stereocenters. The van der Waals surface area contributed by atoms with Gasteiger partial charge in [-0.3, -0.25) is 4.79 Å². The Labute approximate surface area is 127 Å². The Bertz CT molecular complexity index is 717. The molecule has 0 spiro atoms. The zero-order chi connectivity index (χ0) is 16.3. The fourth-order valence-electron chi connectivity index (χ4n) is 2.12. The summed E-state index contributed by atoms with van der Waals surface area (Å²) in [7, 11) is 1.28. The lowest BCUT2D eigenvalue weighted by Crippen LogP contribution is -2.05. The van der Waals surface area contributed by atoms with Gasteiger partial charge in [0.1, 0.15) is 11.5 Å². The molecule has 2 aromatic rings. The minimum Gasteiger partial charge on any atom is -0.508 e. The van der Waals surface area contributed by atoms with Crippen LogP contribution in [-0.4, -0.2) is 29.1 Å². The van der Waals surface area contributed by atoms with E-state index >= 15 is 0 Å². The van der Waals surface area contributed by atoms with Crippen molar-refractivity contribution in [2.24, 2.45) is 0 Å². The molecule has 0 aliphatic rings. The Balaban J connectivity index is 2.38. The number of phenols is 2. The molecule has 0 aliphatic carbocycles. The third kappa shape index (κ3) is 2.93. The standard InChI is InChI=1S/C17H16O5/c1-3-10-8-13(15(19)9-14(10)18)16(20)11-4-6-12(7-5-11)17(21)22-2/h4-9,18-19H,3H2,1-2H3. The zero-order valence-corrected chi connectivity index (χ0v) is 12.3. The Morgan fingerprint density at radius 2 is 1.59 bits per heavy atom. The Kier molecular flexibility index (Phi) is 4.46. The van der Waals surface area contributed by atoms with Crippen LogP contribution >= 0.6 is 0 Å². The number of carbonyl (C=O) groups excluding carboxylic acids is 2. The summed E-state index contributed by atoms with van der Waals surface area (Å²) in [5.74, 6) is -1.20. The van der Waals surface area contributed by atoms with Gasteiger partial charge >= 0.3 is 5.97 Å². The SMILES string of the molecule is CCc1cc(C(=O)c2ccc(C(=O)OC)cc2)c(O)cc1O. The lowest BCUT2D eigenvalue weighted by atomic mass is 9.98. The van der Waals surface area contributed by atoms with Crippen LogP contribution in [0.5, 0.6) is 11.5 Å². The molecule has 0 aliphatic heterocycles. The monoisotopic (exact) mass is 300 g/mol. The molecule has 0 aromatic heterocycles. The largest absolute Gasteiger partial charge is 0.508 e. The van der Waals surface area contributed by atoms with Gasteiger partial charge in [-0.15, -0.1) is 0 Å². The molecule has 0 radical (unpaired) electrons. The fraction of sp³-hybridized carbons (Fsp3) is 0.176. The van der Waals surface area contributed by atoms with Crippen molar-refractivity contribution >= 4 is 11.8 Å². The molecule has 114 valence electrons. The molecular weight excluding hydrogens is 284 g/mol. The molecule has 5 heteroatoms. The van der Waals surface area contributed by atoms with Gasteiger partial charge in [-0.1, -0.05) is 19.1 Å². The van der Waals surface area contributed by atoms with Crippen molar-refractivity contribution in [1.29, 1.82) is 0 Å². The Hall–Kier alpha value is -2.82. The van der Waals surface area contributed by atoms with Crippen LogP contribution in [-0.2, 0) is 11.2 Å². The number of hydrogen-bond acceptors (Lipinski definition) is 5. The molecule has 0 unspecified atom stereocenters. The predicted octanol–water partition coefficient (Wildman–Crippen LogP) is 2.68. The van der Waals surface area contributed by atoms with Crippen molar-refractivity contribution in [3.8, 4) is 11.5 Å². The molecule has 0 saturated carbocycles. The molecule has 5 nitrogen and oxygen atoms in total. The van der Waals surface area contributed by atoms with E-state index in [0.717, 1.165) is 6.07 Å². The van der Waals surface area contributed by atoms with E-state index in [2.05, 4.69) is 4.74 Å². The van der Waals surface area contributed by atoms with Gasteiger partial charge in [-0.2, -0.15) is 0 Å². The zero-order valence-electron chi connectivity index (χ0n) is 12.3. The van der Waals surface area contributed by atoms with Gasteiger partial charge in [0.2, 0.25) is 0 Å². The average molecular weight is 300 g/mol. The van der Waals surface area contributed by atoms with E-state index in [0.29, 0.717) is 23.1 Å². The van der Waals surface area contributed by atoms with E-state index in [4.69, 9.17) is 0 Å². The second-order valence-electron chi connectivity index (χ2n) is 4.75. The fourth-order valence-corrected chi connectivity index (χ4v) is 2.12. The topological polar surface area (TPSA) is 83.8 Å². The number of carbonyl (C=O) groups is 2. The number of phenolic OH excluding ortho intramolecular Hbond substituents is 2. The Morgan fingerprint density at radius 3 is 2.14 bits per heavy atom. The van der Waals surface area contributed by atoms with E-state index < -0.39 is 5.97 Å². The number of benzene rings is 2. The smallest absolute Gasteiger partial charge is 0.337 e. The lowest BCUT2D eigenvalue weighted by Gasteiger charge is -2.09. The normalized spacial score (nSPS) is 10.3. The van der Waals surface area contributed by atoms with Crippen LogP contribution < -0.4 is 0 Å². The second-order valence-corrected chi connectivity index (χ2v) is 4.75. The number of aryl methyl sites for hydroxylation is 1. The first-order chi connectivity index (χ1) is 10.5. The van der Waals surface area contributed by atoms with Crippen LogP contribution in [0.2, 0.25) is 0 Å². The molecule has 22 heavy (non-hydrogen) atoms. The molecule has 0 amide bonds. The molecule has 2 aromatic carbocycles. The van der Waals surface area contributed by atoms with E-state index in [1.54, 1.807) is 0 Å². The van der Waals surface area contributed by atoms with Crippen molar-refractivity contribution in [2.45, 2.75) is 13.3 Å². The van der Waals surface area contributed by atoms with Crippen LogP contribution in [0.15, 0.2) is 36.4 Å². The minimum absolute atomic E-state index is 0.0439. The van der Waals surface area contributed by atoms with E-state index in [-0.39, 0.29) is 22.8 Å². The number of aromatic hydroxyl groups is 2. The summed E-state index contributed by atoms with van der Waals surface area (Å²) in [5.41, 5.74) is 1.35. The molecule has 0 bridgehead atoms. The van der Waals surface area contributed by atoms with E-state index in [9.17, 15) is 19.8 Å². The number of ether oxygens (including phenoxy) is 1. The highest BCUT2D eigenvalue weighted by Crippen LogP contribution is 2.29. The van der Waals surface area contributed by atoms with Gasteiger partial charge in [0.25, 0.3) is 0 Å². The molecular formula is C17H16O5. The van der Waals surface area contributed by atoms with Gasteiger partial charge < -0.3 is 14.9 Å². The van der Waals surface area contributed by atoms with Gasteiger partial charge in [0, 0.05) is 11.6 Å². The molecule has 2 N–H and O–H groups in total. The summed E-state index contributed by atoms with van der Waals surface area (Å²) < 4.78 is 4.59. The first-order valence-electron chi connectivity index (χ1n) is 6.75. The Morgan fingerprint density at radius 1 is 1.00 bits per heavy atom. The first kappa shape index (κ1) is 15.6. The third-order valence-corrected chi connectivity index (χ3v) is 3.39. The summed E-state index contributed by atoms with van der Waals surface area (Å²) in [6.07, 6.45) is 0.535. The van der Waals surface area contributed by atoms with Crippen LogP contribution in [0.1, 0.15) is 38.8 Å². The maximum atomic E-state index is 12.4. The number of hydrogen-bond donors (Lipinski definition) is 2. The van der Waals surface area contributed by atoms with Crippen molar-refractivity contribution < 1.29 is 24.5 Å². The first-order valence-corrected chi connectivity index (χ1v) is 6.75. The summed E-state index contributed by atoms with van der Waals surface area (Å²) in [5, 5.41) is 19.5. The summed E-state index contributed by atoms with van der Waals surface area (Å²) in [6.45, 7) is 1.84. The second kappa shape index (κ2) is 6.30. The lowest BCUT2D eigenvalue weighted by molar-refractivity contribution is 0.0600. The summed E-state index contributed by atoms with van der Waals surface area (Å²) in [4.78, 5) is 23.8. The highest BCUT2D eigenvalue weighted by Gasteiger charge is 2.17. The van der Waals surface area contributed by atoms with Gasteiger partial charge in [-0.25, -0.2) is 4.79 Å².